The van der Waals surface area contributed by atoms with Crippen LogP contribution in [0.4, 0.5) is 0 Å². The molecule has 0 spiro atoms. The third kappa shape index (κ3) is 6.84. The summed E-state index contributed by atoms with van der Waals surface area (Å²) in [6, 6.07) is 9.98. The summed E-state index contributed by atoms with van der Waals surface area (Å²) in [6.45, 7) is 6.98. The summed E-state index contributed by atoms with van der Waals surface area (Å²) in [5, 5.41) is 0. The van der Waals surface area contributed by atoms with Gasteiger partial charge in [0, 0.05) is 45.7 Å². The summed E-state index contributed by atoms with van der Waals surface area (Å²) >= 11 is 0. The average Bonchev–Trinajstić information content (AvgIpc) is 2.61. The van der Waals surface area contributed by atoms with Gasteiger partial charge < -0.3 is 14.5 Å². The van der Waals surface area contributed by atoms with Gasteiger partial charge in [-0.3, -0.25) is 14.5 Å². The zero-order valence-corrected chi connectivity index (χ0v) is 15.3. The standard InChI is InChI=1S/C19H29N3O3/c1-3-25-19(24)16-21(15-17-7-5-4-6-8-17)10-9-18(23)22-13-11-20(2)12-14-22/h4-8H,3,9-16H2,1-2H3. The van der Waals surface area contributed by atoms with Crippen molar-refractivity contribution in [1.82, 2.24) is 14.7 Å². The predicted molar refractivity (Wildman–Crippen MR) is 97.0 cm³/mol. The number of likely N-dealkylation sites (N-methyl/N-ethyl adjacent to an activating group) is 1. The minimum Gasteiger partial charge on any atom is -0.465 e. The van der Waals surface area contributed by atoms with E-state index in [1.165, 1.54) is 0 Å². The Bertz CT molecular complexity index is 542. The number of hydrogen-bond acceptors (Lipinski definition) is 5. The molecule has 6 nitrogen and oxygen atoms in total. The van der Waals surface area contributed by atoms with Gasteiger partial charge in [-0.25, -0.2) is 0 Å². The molecule has 1 heterocycles. The first-order chi connectivity index (χ1) is 12.1. The van der Waals surface area contributed by atoms with E-state index in [9.17, 15) is 9.59 Å². The lowest BCUT2D eigenvalue weighted by Gasteiger charge is -2.33. The van der Waals surface area contributed by atoms with Crippen LogP contribution in [-0.4, -0.2) is 79.5 Å². The van der Waals surface area contributed by atoms with Gasteiger partial charge in [-0.1, -0.05) is 30.3 Å². The van der Waals surface area contributed by atoms with Crippen molar-refractivity contribution >= 4 is 11.9 Å². The fourth-order valence-corrected chi connectivity index (χ4v) is 2.91. The second-order valence-electron chi connectivity index (χ2n) is 6.44. The van der Waals surface area contributed by atoms with Crippen LogP contribution in [0.3, 0.4) is 0 Å². The Balaban J connectivity index is 1.88. The quantitative estimate of drug-likeness (QED) is 0.662. The molecule has 25 heavy (non-hydrogen) atoms. The summed E-state index contributed by atoms with van der Waals surface area (Å²) in [5.41, 5.74) is 1.12. The lowest BCUT2D eigenvalue weighted by molar-refractivity contribution is -0.145. The van der Waals surface area contributed by atoms with E-state index in [0.29, 0.717) is 26.1 Å². The molecule has 1 aromatic rings. The number of piperazine rings is 1. The molecule has 0 radical (unpaired) electrons. The van der Waals surface area contributed by atoms with Crippen LogP contribution in [-0.2, 0) is 20.9 Å². The Hall–Kier alpha value is -1.92. The van der Waals surface area contributed by atoms with Crippen molar-refractivity contribution in [2.45, 2.75) is 19.9 Å². The van der Waals surface area contributed by atoms with Gasteiger partial charge in [0.2, 0.25) is 5.91 Å². The highest BCUT2D eigenvalue weighted by molar-refractivity contribution is 5.76. The molecule has 1 saturated heterocycles. The van der Waals surface area contributed by atoms with Crippen LogP contribution >= 0.6 is 0 Å². The Labute approximate surface area is 150 Å². The lowest BCUT2D eigenvalue weighted by Crippen LogP contribution is -2.47. The van der Waals surface area contributed by atoms with Gasteiger partial charge >= 0.3 is 5.97 Å². The molecule has 0 unspecified atom stereocenters. The van der Waals surface area contributed by atoms with Crippen LogP contribution in [0.1, 0.15) is 18.9 Å². The number of carbonyl (C=O) groups is 2. The third-order valence-electron chi connectivity index (χ3n) is 4.40. The van der Waals surface area contributed by atoms with Crippen molar-refractivity contribution in [3.8, 4) is 0 Å². The summed E-state index contributed by atoms with van der Waals surface area (Å²) in [4.78, 5) is 30.4. The Morgan fingerprint density at radius 2 is 1.80 bits per heavy atom. The first kappa shape index (κ1) is 19.4. The second kappa shape index (κ2) is 10.2. The molecule has 2 rings (SSSR count). The molecule has 1 amide bonds. The maximum Gasteiger partial charge on any atom is 0.320 e. The number of rotatable bonds is 8. The van der Waals surface area contributed by atoms with E-state index in [2.05, 4.69) is 11.9 Å². The highest BCUT2D eigenvalue weighted by Crippen LogP contribution is 2.08. The molecule has 0 bridgehead atoms. The molecule has 0 atom stereocenters. The fraction of sp³-hybridized carbons (Fsp3) is 0.579. The van der Waals surface area contributed by atoms with Gasteiger partial charge in [-0.2, -0.15) is 0 Å². The van der Waals surface area contributed by atoms with Gasteiger partial charge in [-0.05, 0) is 19.5 Å². The topological polar surface area (TPSA) is 53.1 Å². The molecular formula is C19H29N3O3. The van der Waals surface area contributed by atoms with E-state index in [4.69, 9.17) is 4.74 Å². The Morgan fingerprint density at radius 1 is 1.12 bits per heavy atom. The minimum absolute atomic E-state index is 0.162. The van der Waals surface area contributed by atoms with Gasteiger partial charge in [0.05, 0.1) is 13.2 Å². The molecule has 0 aliphatic carbocycles. The van der Waals surface area contributed by atoms with Gasteiger partial charge in [0.15, 0.2) is 0 Å². The van der Waals surface area contributed by atoms with Crippen molar-refractivity contribution in [2.75, 3.05) is 52.9 Å². The molecule has 0 N–H and O–H groups in total. The van der Waals surface area contributed by atoms with Crippen molar-refractivity contribution in [3.05, 3.63) is 35.9 Å². The predicted octanol–water partition coefficient (Wildman–Crippen LogP) is 1.22. The SMILES string of the molecule is CCOC(=O)CN(CCC(=O)N1CCN(C)CC1)Cc1ccccc1. The van der Waals surface area contributed by atoms with Crippen LogP contribution in [0.2, 0.25) is 0 Å². The smallest absolute Gasteiger partial charge is 0.320 e. The number of amides is 1. The summed E-state index contributed by atoms with van der Waals surface area (Å²) < 4.78 is 5.06. The van der Waals surface area contributed by atoms with E-state index < -0.39 is 0 Å². The van der Waals surface area contributed by atoms with Crippen molar-refractivity contribution in [1.29, 1.82) is 0 Å². The van der Waals surface area contributed by atoms with E-state index in [1.54, 1.807) is 6.92 Å². The number of esters is 1. The number of nitrogens with zero attached hydrogens (tertiary/aromatic N) is 3. The van der Waals surface area contributed by atoms with Gasteiger partial charge in [-0.15, -0.1) is 0 Å². The minimum atomic E-state index is -0.245. The Kier molecular flexibility index (Phi) is 7.88. The van der Waals surface area contributed by atoms with Crippen LogP contribution < -0.4 is 0 Å². The van der Waals surface area contributed by atoms with Crippen LogP contribution in [0.5, 0.6) is 0 Å². The molecule has 1 aliphatic heterocycles. The van der Waals surface area contributed by atoms with E-state index in [1.807, 2.05) is 40.1 Å². The summed E-state index contributed by atoms with van der Waals surface area (Å²) in [7, 11) is 2.07. The molecule has 0 saturated carbocycles. The zero-order valence-electron chi connectivity index (χ0n) is 15.3. The normalized spacial score (nSPS) is 15.4. The maximum absolute atomic E-state index is 12.4. The van der Waals surface area contributed by atoms with Crippen LogP contribution in [0, 0.1) is 0 Å². The molecule has 138 valence electrons. The molecule has 1 aliphatic rings. The highest BCUT2D eigenvalue weighted by Gasteiger charge is 2.20. The number of benzene rings is 1. The van der Waals surface area contributed by atoms with E-state index in [0.717, 1.165) is 31.7 Å². The zero-order chi connectivity index (χ0) is 18.1. The summed E-state index contributed by atoms with van der Waals surface area (Å²) in [5.74, 6) is -0.0829. The maximum atomic E-state index is 12.4. The third-order valence-corrected chi connectivity index (χ3v) is 4.40. The van der Waals surface area contributed by atoms with Crippen molar-refractivity contribution in [2.24, 2.45) is 0 Å². The Morgan fingerprint density at radius 3 is 2.44 bits per heavy atom. The monoisotopic (exact) mass is 347 g/mol. The van der Waals surface area contributed by atoms with E-state index >= 15 is 0 Å². The first-order valence-corrected chi connectivity index (χ1v) is 8.96. The van der Waals surface area contributed by atoms with Crippen molar-refractivity contribution in [3.63, 3.8) is 0 Å². The largest absolute Gasteiger partial charge is 0.465 e. The van der Waals surface area contributed by atoms with Crippen LogP contribution in [0.25, 0.3) is 0 Å². The van der Waals surface area contributed by atoms with E-state index in [-0.39, 0.29) is 18.4 Å². The number of hydrogen-bond donors (Lipinski definition) is 0. The van der Waals surface area contributed by atoms with Gasteiger partial charge in [0.25, 0.3) is 0 Å². The second-order valence-corrected chi connectivity index (χ2v) is 6.44. The molecule has 0 aromatic heterocycles. The number of ether oxygens (including phenoxy) is 1. The lowest BCUT2D eigenvalue weighted by atomic mass is 10.2. The molecule has 1 fully saturated rings. The number of carbonyl (C=O) groups excluding carboxylic acids is 2. The first-order valence-electron chi connectivity index (χ1n) is 8.96. The van der Waals surface area contributed by atoms with Gasteiger partial charge in [0.1, 0.15) is 0 Å². The fourth-order valence-electron chi connectivity index (χ4n) is 2.91. The van der Waals surface area contributed by atoms with Crippen LogP contribution in [0.15, 0.2) is 30.3 Å². The highest BCUT2D eigenvalue weighted by atomic mass is 16.5. The molecule has 1 aromatic carbocycles. The average molecular weight is 347 g/mol. The molecule has 6 heteroatoms. The molecular weight excluding hydrogens is 318 g/mol. The van der Waals surface area contributed by atoms with Crippen molar-refractivity contribution < 1.29 is 14.3 Å². The summed E-state index contributed by atoms with van der Waals surface area (Å²) in [6.07, 6.45) is 0.427.